The van der Waals surface area contributed by atoms with Crippen LogP contribution in [0.15, 0.2) is 0 Å². The van der Waals surface area contributed by atoms with Gasteiger partial charge in [0.2, 0.25) is 0 Å². The Morgan fingerprint density at radius 1 is 1.56 bits per heavy atom. The number of carbonyl (C=O) groups excluding carboxylic acids is 1. The molecule has 0 aromatic carbocycles. The van der Waals surface area contributed by atoms with Crippen molar-refractivity contribution < 1.29 is 14.3 Å². The highest BCUT2D eigenvalue weighted by Crippen LogP contribution is 2.20. The second-order valence-electron chi connectivity index (χ2n) is 4.46. The fourth-order valence-corrected chi connectivity index (χ4v) is 2.22. The Morgan fingerprint density at radius 3 is 2.94 bits per heavy atom. The summed E-state index contributed by atoms with van der Waals surface area (Å²) in [6.45, 7) is 7.32. The monoisotopic (exact) mass is 229 g/mol. The first kappa shape index (κ1) is 13.5. The van der Waals surface area contributed by atoms with Crippen LogP contribution in [-0.4, -0.2) is 50.3 Å². The van der Waals surface area contributed by atoms with Crippen LogP contribution in [0.2, 0.25) is 0 Å². The van der Waals surface area contributed by atoms with E-state index in [1.165, 1.54) is 6.42 Å². The van der Waals surface area contributed by atoms with E-state index >= 15 is 0 Å². The van der Waals surface area contributed by atoms with Crippen molar-refractivity contribution in [2.75, 3.05) is 33.4 Å². The van der Waals surface area contributed by atoms with E-state index in [0.717, 1.165) is 19.7 Å². The Bertz CT molecular complexity index is 220. The van der Waals surface area contributed by atoms with E-state index in [0.29, 0.717) is 18.9 Å². The SMILES string of the molecule is CCOC(=O)CC(C)N1CCC(COC)C1. The fraction of sp³-hybridized carbons (Fsp3) is 0.917. The molecule has 1 fully saturated rings. The van der Waals surface area contributed by atoms with Gasteiger partial charge in [0.15, 0.2) is 0 Å². The molecule has 0 radical (unpaired) electrons. The summed E-state index contributed by atoms with van der Waals surface area (Å²) < 4.78 is 10.1. The Hall–Kier alpha value is -0.610. The highest BCUT2D eigenvalue weighted by molar-refractivity contribution is 5.70. The van der Waals surface area contributed by atoms with Crippen molar-refractivity contribution in [3.05, 3.63) is 0 Å². The lowest BCUT2D eigenvalue weighted by Crippen LogP contribution is -2.33. The number of esters is 1. The number of ether oxygens (including phenoxy) is 2. The van der Waals surface area contributed by atoms with Gasteiger partial charge in [0.1, 0.15) is 0 Å². The Labute approximate surface area is 97.9 Å². The maximum absolute atomic E-state index is 11.3. The average molecular weight is 229 g/mol. The molecule has 0 aromatic heterocycles. The largest absolute Gasteiger partial charge is 0.466 e. The predicted octanol–water partition coefficient (Wildman–Crippen LogP) is 1.30. The maximum atomic E-state index is 11.3. The van der Waals surface area contributed by atoms with Crippen LogP contribution < -0.4 is 0 Å². The van der Waals surface area contributed by atoms with Gasteiger partial charge >= 0.3 is 5.97 Å². The second-order valence-corrected chi connectivity index (χ2v) is 4.46. The van der Waals surface area contributed by atoms with E-state index in [9.17, 15) is 4.79 Å². The Balaban J connectivity index is 2.27. The van der Waals surface area contributed by atoms with Gasteiger partial charge in [0.05, 0.1) is 19.6 Å². The standard InChI is InChI=1S/C12H23NO3/c1-4-16-12(14)7-10(2)13-6-5-11(8-13)9-15-3/h10-11H,4-9H2,1-3H3. The molecule has 0 aliphatic carbocycles. The zero-order valence-electron chi connectivity index (χ0n) is 10.6. The van der Waals surface area contributed by atoms with Crippen LogP contribution >= 0.6 is 0 Å². The quantitative estimate of drug-likeness (QED) is 0.643. The number of rotatable bonds is 6. The zero-order valence-corrected chi connectivity index (χ0v) is 10.6. The molecule has 1 rings (SSSR count). The molecule has 0 N–H and O–H groups in total. The van der Waals surface area contributed by atoms with Gasteiger partial charge in [0, 0.05) is 19.7 Å². The minimum Gasteiger partial charge on any atom is -0.466 e. The van der Waals surface area contributed by atoms with Gasteiger partial charge in [-0.15, -0.1) is 0 Å². The van der Waals surface area contributed by atoms with Crippen molar-refractivity contribution >= 4 is 5.97 Å². The van der Waals surface area contributed by atoms with Crippen LogP contribution in [-0.2, 0) is 14.3 Å². The molecule has 0 amide bonds. The van der Waals surface area contributed by atoms with Gasteiger partial charge < -0.3 is 9.47 Å². The molecule has 0 saturated carbocycles. The number of likely N-dealkylation sites (tertiary alicyclic amines) is 1. The molecule has 94 valence electrons. The molecule has 1 aliphatic heterocycles. The minimum absolute atomic E-state index is 0.0924. The first-order valence-electron chi connectivity index (χ1n) is 6.06. The summed E-state index contributed by atoms with van der Waals surface area (Å²) >= 11 is 0. The predicted molar refractivity (Wildman–Crippen MR) is 62.3 cm³/mol. The number of carbonyl (C=O) groups is 1. The van der Waals surface area contributed by atoms with Gasteiger partial charge in [-0.1, -0.05) is 0 Å². The topological polar surface area (TPSA) is 38.8 Å². The zero-order chi connectivity index (χ0) is 12.0. The molecule has 1 saturated heterocycles. The summed E-state index contributed by atoms with van der Waals surface area (Å²) in [5.41, 5.74) is 0. The molecule has 1 aliphatic rings. The molecule has 4 heteroatoms. The minimum atomic E-state index is -0.0924. The van der Waals surface area contributed by atoms with Crippen molar-refractivity contribution in [3.8, 4) is 0 Å². The number of nitrogens with zero attached hydrogens (tertiary/aromatic N) is 1. The number of hydrogen-bond acceptors (Lipinski definition) is 4. The summed E-state index contributed by atoms with van der Waals surface area (Å²) in [7, 11) is 1.74. The van der Waals surface area contributed by atoms with Gasteiger partial charge in [-0.3, -0.25) is 9.69 Å². The maximum Gasteiger partial charge on any atom is 0.307 e. The first-order valence-corrected chi connectivity index (χ1v) is 6.06. The lowest BCUT2D eigenvalue weighted by Gasteiger charge is -2.23. The molecule has 16 heavy (non-hydrogen) atoms. The summed E-state index contributed by atoms with van der Waals surface area (Å²) in [5, 5.41) is 0. The molecular weight excluding hydrogens is 206 g/mol. The highest BCUT2D eigenvalue weighted by Gasteiger charge is 2.27. The van der Waals surface area contributed by atoms with Crippen LogP contribution in [0.3, 0.4) is 0 Å². The molecule has 2 atom stereocenters. The normalized spacial score (nSPS) is 23.3. The van der Waals surface area contributed by atoms with Crippen molar-refractivity contribution in [3.63, 3.8) is 0 Å². The van der Waals surface area contributed by atoms with Crippen molar-refractivity contribution in [2.45, 2.75) is 32.7 Å². The first-order chi connectivity index (χ1) is 7.67. The molecule has 0 bridgehead atoms. The molecule has 0 spiro atoms. The highest BCUT2D eigenvalue weighted by atomic mass is 16.5. The van der Waals surface area contributed by atoms with E-state index in [2.05, 4.69) is 11.8 Å². The van der Waals surface area contributed by atoms with E-state index in [1.807, 2.05) is 6.92 Å². The van der Waals surface area contributed by atoms with Crippen molar-refractivity contribution in [1.82, 2.24) is 4.90 Å². The smallest absolute Gasteiger partial charge is 0.307 e. The van der Waals surface area contributed by atoms with Crippen LogP contribution in [0.5, 0.6) is 0 Å². The summed E-state index contributed by atoms with van der Waals surface area (Å²) in [4.78, 5) is 13.7. The molecular formula is C12H23NO3. The average Bonchev–Trinajstić information content (AvgIpc) is 2.67. The Morgan fingerprint density at radius 2 is 2.31 bits per heavy atom. The Kier molecular flexibility index (Phi) is 5.77. The van der Waals surface area contributed by atoms with E-state index in [1.54, 1.807) is 7.11 Å². The third-order valence-corrected chi connectivity index (χ3v) is 3.11. The lowest BCUT2D eigenvalue weighted by molar-refractivity contribution is -0.144. The molecule has 1 heterocycles. The van der Waals surface area contributed by atoms with Crippen LogP contribution in [0, 0.1) is 5.92 Å². The van der Waals surface area contributed by atoms with E-state index in [4.69, 9.17) is 9.47 Å². The summed E-state index contributed by atoms with van der Waals surface area (Å²) in [6.07, 6.45) is 1.66. The fourth-order valence-electron chi connectivity index (χ4n) is 2.22. The summed E-state index contributed by atoms with van der Waals surface area (Å²) in [5.74, 6) is 0.528. The van der Waals surface area contributed by atoms with E-state index < -0.39 is 0 Å². The van der Waals surface area contributed by atoms with Crippen LogP contribution in [0.4, 0.5) is 0 Å². The van der Waals surface area contributed by atoms with Gasteiger partial charge in [-0.05, 0) is 32.7 Å². The van der Waals surface area contributed by atoms with Gasteiger partial charge in [-0.25, -0.2) is 0 Å². The van der Waals surface area contributed by atoms with E-state index in [-0.39, 0.29) is 12.0 Å². The van der Waals surface area contributed by atoms with Crippen LogP contribution in [0.1, 0.15) is 26.7 Å². The molecule has 0 aromatic rings. The lowest BCUT2D eigenvalue weighted by atomic mass is 10.1. The third kappa shape index (κ3) is 4.10. The summed E-state index contributed by atoms with van der Waals surface area (Å²) in [6, 6.07) is 0.279. The van der Waals surface area contributed by atoms with Crippen LogP contribution in [0.25, 0.3) is 0 Å². The molecule has 4 nitrogen and oxygen atoms in total. The van der Waals surface area contributed by atoms with Crippen molar-refractivity contribution in [2.24, 2.45) is 5.92 Å². The second kappa shape index (κ2) is 6.86. The van der Waals surface area contributed by atoms with Crippen molar-refractivity contribution in [1.29, 1.82) is 0 Å². The molecule has 2 unspecified atom stereocenters. The van der Waals surface area contributed by atoms with Gasteiger partial charge in [0.25, 0.3) is 0 Å². The number of hydrogen-bond donors (Lipinski definition) is 0. The number of methoxy groups -OCH3 is 1. The third-order valence-electron chi connectivity index (χ3n) is 3.11. The van der Waals surface area contributed by atoms with Gasteiger partial charge in [-0.2, -0.15) is 0 Å².